The van der Waals surface area contributed by atoms with E-state index in [0.29, 0.717) is 22.8 Å². The highest BCUT2D eigenvalue weighted by atomic mass is 32.2. The molecular formula is C23H24N6O2S. The maximum Gasteiger partial charge on any atom is 0.255 e. The molecule has 4 aromatic rings. The predicted octanol–water partition coefficient (Wildman–Crippen LogP) is 3.76. The molecule has 1 amide bonds. The minimum atomic E-state index is -0.188. The van der Waals surface area contributed by atoms with E-state index in [4.69, 9.17) is 9.72 Å². The molecule has 0 atom stereocenters. The van der Waals surface area contributed by atoms with Gasteiger partial charge in [0.2, 0.25) is 0 Å². The zero-order valence-corrected chi connectivity index (χ0v) is 18.5. The van der Waals surface area contributed by atoms with Gasteiger partial charge >= 0.3 is 0 Å². The summed E-state index contributed by atoms with van der Waals surface area (Å²) in [6, 6.07) is 13.8. The Morgan fingerprint density at radius 1 is 1.22 bits per heavy atom. The fourth-order valence-electron chi connectivity index (χ4n) is 3.81. The number of amides is 1. The van der Waals surface area contributed by atoms with E-state index in [9.17, 15) is 4.79 Å². The Balaban J connectivity index is 1.36. The van der Waals surface area contributed by atoms with Gasteiger partial charge in [-0.2, -0.15) is 5.10 Å². The quantitative estimate of drug-likeness (QED) is 0.389. The standard InChI is InChI=1S/C23H24N6O2S/c1-32-17-4-2-3-16(12-17)23(30)27-20-13-24-28-21(20)22-25-18-6-5-15(11-19(18)26-22)14-29-7-9-31-10-8-29/h2-6,11-13H,7-10,14H2,1H3,(H,24,28)(H,25,26)(H,27,30). The molecule has 0 spiro atoms. The van der Waals surface area contributed by atoms with Gasteiger partial charge in [-0.05, 0) is 42.2 Å². The molecular weight excluding hydrogens is 424 g/mol. The number of rotatable bonds is 6. The maximum absolute atomic E-state index is 12.8. The summed E-state index contributed by atoms with van der Waals surface area (Å²) in [7, 11) is 0. The number of carbonyl (C=O) groups excluding carboxylic acids is 1. The van der Waals surface area contributed by atoms with Crippen LogP contribution in [0, 0.1) is 0 Å². The second-order valence-electron chi connectivity index (χ2n) is 7.67. The second kappa shape index (κ2) is 9.15. The molecule has 1 saturated heterocycles. The van der Waals surface area contributed by atoms with E-state index in [1.807, 2.05) is 30.5 Å². The third-order valence-corrected chi connectivity index (χ3v) is 6.24. The molecule has 2 aromatic heterocycles. The number of ether oxygens (including phenoxy) is 1. The number of aromatic amines is 2. The summed E-state index contributed by atoms with van der Waals surface area (Å²) < 4.78 is 5.43. The number of morpholine rings is 1. The van der Waals surface area contributed by atoms with Crippen molar-refractivity contribution < 1.29 is 9.53 Å². The molecule has 2 aromatic carbocycles. The number of fused-ring (bicyclic) bond motifs is 1. The Morgan fingerprint density at radius 2 is 2.09 bits per heavy atom. The largest absolute Gasteiger partial charge is 0.379 e. The predicted molar refractivity (Wildman–Crippen MR) is 126 cm³/mol. The van der Waals surface area contributed by atoms with Crippen LogP contribution < -0.4 is 5.32 Å². The molecule has 3 N–H and O–H groups in total. The number of hydrogen-bond donors (Lipinski definition) is 3. The van der Waals surface area contributed by atoms with Crippen molar-refractivity contribution in [3.05, 3.63) is 59.8 Å². The number of aromatic nitrogens is 4. The van der Waals surface area contributed by atoms with Gasteiger partial charge in [0.15, 0.2) is 5.82 Å². The number of carbonyl (C=O) groups is 1. The van der Waals surface area contributed by atoms with Crippen molar-refractivity contribution in [2.75, 3.05) is 37.9 Å². The topological polar surface area (TPSA) is 98.9 Å². The molecule has 0 unspecified atom stereocenters. The lowest BCUT2D eigenvalue weighted by Gasteiger charge is -2.26. The van der Waals surface area contributed by atoms with Gasteiger partial charge in [-0.25, -0.2) is 4.98 Å². The summed E-state index contributed by atoms with van der Waals surface area (Å²) in [5.41, 5.74) is 4.86. The molecule has 0 aliphatic carbocycles. The summed E-state index contributed by atoms with van der Waals surface area (Å²) in [5, 5.41) is 10.0. The van der Waals surface area contributed by atoms with Crippen LogP contribution in [0.2, 0.25) is 0 Å². The number of thioether (sulfide) groups is 1. The first-order valence-electron chi connectivity index (χ1n) is 10.5. The molecule has 3 heterocycles. The average Bonchev–Trinajstić information content (AvgIpc) is 3.46. The normalized spacial score (nSPS) is 14.7. The van der Waals surface area contributed by atoms with E-state index in [1.54, 1.807) is 24.0 Å². The Labute approximate surface area is 189 Å². The second-order valence-corrected chi connectivity index (χ2v) is 8.55. The van der Waals surface area contributed by atoms with Crippen LogP contribution in [0.3, 0.4) is 0 Å². The van der Waals surface area contributed by atoms with Crippen LogP contribution in [-0.2, 0) is 11.3 Å². The molecule has 0 bridgehead atoms. The summed E-state index contributed by atoms with van der Waals surface area (Å²) in [6.45, 7) is 4.35. The Morgan fingerprint density at radius 3 is 2.94 bits per heavy atom. The van der Waals surface area contributed by atoms with Gasteiger partial charge in [-0.15, -0.1) is 11.8 Å². The first kappa shape index (κ1) is 20.7. The highest BCUT2D eigenvalue weighted by molar-refractivity contribution is 7.98. The van der Waals surface area contributed by atoms with Crippen molar-refractivity contribution in [3.63, 3.8) is 0 Å². The Kier molecular flexibility index (Phi) is 5.93. The lowest BCUT2D eigenvalue weighted by molar-refractivity contribution is 0.0342. The fourth-order valence-corrected chi connectivity index (χ4v) is 4.27. The van der Waals surface area contributed by atoms with Crippen LogP contribution in [0.5, 0.6) is 0 Å². The maximum atomic E-state index is 12.8. The molecule has 8 nitrogen and oxygen atoms in total. The van der Waals surface area contributed by atoms with E-state index in [2.05, 4.69) is 37.5 Å². The Bertz CT molecular complexity index is 1240. The third-order valence-electron chi connectivity index (χ3n) is 5.51. The summed E-state index contributed by atoms with van der Waals surface area (Å²) in [4.78, 5) is 24.2. The van der Waals surface area contributed by atoms with Gasteiger partial charge in [-0.1, -0.05) is 12.1 Å². The van der Waals surface area contributed by atoms with Crippen LogP contribution >= 0.6 is 11.8 Å². The van der Waals surface area contributed by atoms with E-state index in [-0.39, 0.29) is 5.91 Å². The highest BCUT2D eigenvalue weighted by Gasteiger charge is 2.16. The molecule has 1 aliphatic rings. The number of nitrogens with zero attached hydrogens (tertiary/aromatic N) is 3. The van der Waals surface area contributed by atoms with Crippen LogP contribution in [0.25, 0.3) is 22.6 Å². The van der Waals surface area contributed by atoms with Gasteiger partial charge in [0.05, 0.1) is 36.1 Å². The van der Waals surface area contributed by atoms with Crippen molar-refractivity contribution >= 4 is 34.4 Å². The van der Waals surface area contributed by atoms with Crippen LogP contribution in [0.1, 0.15) is 15.9 Å². The van der Waals surface area contributed by atoms with E-state index in [1.165, 1.54) is 5.56 Å². The number of nitrogens with one attached hydrogen (secondary N) is 3. The van der Waals surface area contributed by atoms with E-state index >= 15 is 0 Å². The van der Waals surface area contributed by atoms with Gasteiger partial charge in [0, 0.05) is 30.1 Å². The van der Waals surface area contributed by atoms with Crippen molar-refractivity contribution in [2.24, 2.45) is 0 Å². The van der Waals surface area contributed by atoms with Crippen LogP contribution in [-0.4, -0.2) is 63.5 Å². The molecule has 164 valence electrons. The lowest BCUT2D eigenvalue weighted by Crippen LogP contribution is -2.35. The fraction of sp³-hybridized carbons (Fsp3) is 0.261. The number of H-pyrrole nitrogens is 2. The number of benzene rings is 2. The van der Waals surface area contributed by atoms with Gasteiger partial charge in [-0.3, -0.25) is 14.8 Å². The molecule has 0 radical (unpaired) electrons. The van der Waals surface area contributed by atoms with Crippen molar-refractivity contribution in [1.29, 1.82) is 0 Å². The SMILES string of the molecule is CSc1cccc(C(=O)Nc2cn[nH]c2-c2nc3ccc(CN4CCOCC4)cc3[nH]2)c1. The molecule has 1 fully saturated rings. The van der Waals surface area contributed by atoms with Crippen LogP contribution in [0.15, 0.2) is 53.6 Å². The zero-order valence-electron chi connectivity index (χ0n) is 17.7. The zero-order chi connectivity index (χ0) is 21.9. The minimum absolute atomic E-state index is 0.188. The van der Waals surface area contributed by atoms with Gasteiger partial charge in [0.1, 0.15) is 5.69 Å². The van der Waals surface area contributed by atoms with E-state index < -0.39 is 0 Å². The third kappa shape index (κ3) is 4.40. The first-order chi connectivity index (χ1) is 15.7. The lowest BCUT2D eigenvalue weighted by atomic mass is 10.2. The number of anilines is 1. The smallest absolute Gasteiger partial charge is 0.255 e. The van der Waals surface area contributed by atoms with Crippen molar-refractivity contribution in [1.82, 2.24) is 25.1 Å². The van der Waals surface area contributed by atoms with Crippen LogP contribution in [0.4, 0.5) is 5.69 Å². The van der Waals surface area contributed by atoms with Gasteiger partial charge in [0.25, 0.3) is 5.91 Å². The molecule has 9 heteroatoms. The molecule has 32 heavy (non-hydrogen) atoms. The number of hydrogen-bond acceptors (Lipinski definition) is 6. The van der Waals surface area contributed by atoms with Gasteiger partial charge < -0.3 is 15.0 Å². The minimum Gasteiger partial charge on any atom is -0.379 e. The highest BCUT2D eigenvalue weighted by Crippen LogP contribution is 2.27. The molecule has 5 rings (SSSR count). The summed E-state index contributed by atoms with van der Waals surface area (Å²) in [6.07, 6.45) is 3.59. The molecule has 1 aliphatic heterocycles. The number of imidazole rings is 1. The van der Waals surface area contributed by atoms with E-state index in [0.717, 1.165) is 48.8 Å². The summed E-state index contributed by atoms with van der Waals surface area (Å²) in [5.74, 6) is 0.446. The average molecular weight is 449 g/mol. The molecule has 0 saturated carbocycles. The Hall–Kier alpha value is -3.14. The summed E-state index contributed by atoms with van der Waals surface area (Å²) >= 11 is 1.60. The monoisotopic (exact) mass is 448 g/mol. The first-order valence-corrected chi connectivity index (χ1v) is 11.7. The van der Waals surface area contributed by atoms with Crippen molar-refractivity contribution in [3.8, 4) is 11.5 Å². The van der Waals surface area contributed by atoms with Crippen molar-refractivity contribution in [2.45, 2.75) is 11.4 Å².